The predicted molar refractivity (Wildman–Crippen MR) is 85.8 cm³/mol. The summed E-state index contributed by atoms with van der Waals surface area (Å²) in [6.45, 7) is 0. The summed E-state index contributed by atoms with van der Waals surface area (Å²) in [6.07, 6.45) is 0. The summed E-state index contributed by atoms with van der Waals surface area (Å²) in [5.41, 5.74) is 0.638. The number of furan rings is 1. The van der Waals surface area contributed by atoms with Gasteiger partial charge in [-0.2, -0.15) is 8.78 Å². The number of anilines is 1. The Kier molecular flexibility index (Phi) is 4.46. The predicted octanol–water partition coefficient (Wildman–Crippen LogP) is 5.22. The Labute approximate surface area is 140 Å². The summed E-state index contributed by atoms with van der Waals surface area (Å²) in [4.78, 5) is 16.7. The Balaban J connectivity index is 1.81. The smallest absolute Gasteiger partial charge is 0.293 e. The van der Waals surface area contributed by atoms with Crippen LogP contribution in [0.4, 0.5) is 13.9 Å². The molecule has 0 unspecified atom stereocenters. The maximum absolute atomic E-state index is 12.4. The number of rotatable bonds is 4. The van der Waals surface area contributed by atoms with Crippen molar-refractivity contribution < 1.29 is 18.0 Å². The molecule has 0 radical (unpaired) electrons. The van der Waals surface area contributed by atoms with E-state index < -0.39 is 11.7 Å². The number of thiazole rings is 1. The highest BCUT2D eigenvalue weighted by Gasteiger charge is 2.14. The van der Waals surface area contributed by atoms with E-state index in [2.05, 4.69) is 26.2 Å². The number of carbonyl (C=O) groups is 1. The molecule has 0 spiro atoms. The van der Waals surface area contributed by atoms with E-state index in [0.717, 1.165) is 4.70 Å². The average Bonchev–Trinajstić information content (AvgIpc) is 3.03. The van der Waals surface area contributed by atoms with Crippen LogP contribution >= 0.6 is 39.0 Å². The van der Waals surface area contributed by atoms with Crippen molar-refractivity contribution in [3.8, 4) is 0 Å². The van der Waals surface area contributed by atoms with E-state index in [1.165, 1.54) is 17.4 Å². The summed E-state index contributed by atoms with van der Waals surface area (Å²) < 4.78 is 31.1. The first kappa shape index (κ1) is 15.4. The monoisotopic (exact) mass is 404 g/mol. The third-order valence-corrected chi connectivity index (χ3v) is 4.67. The van der Waals surface area contributed by atoms with Gasteiger partial charge in [0.1, 0.15) is 0 Å². The summed E-state index contributed by atoms with van der Waals surface area (Å²) in [5, 5.41) is 3.00. The molecule has 0 atom stereocenters. The zero-order valence-corrected chi connectivity index (χ0v) is 13.9. The maximum atomic E-state index is 12.4. The molecule has 3 rings (SSSR count). The molecule has 9 heteroatoms. The number of hydrogen-bond donors (Lipinski definition) is 1. The molecule has 2 aromatic heterocycles. The van der Waals surface area contributed by atoms with Crippen molar-refractivity contribution in [3.05, 3.63) is 40.8 Å². The Morgan fingerprint density at radius 2 is 2.18 bits per heavy atom. The minimum Gasteiger partial charge on any atom is -0.444 e. The second-order valence-electron chi connectivity index (χ2n) is 4.08. The van der Waals surface area contributed by atoms with E-state index in [0.29, 0.717) is 32.0 Å². The average molecular weight is 405 g/mol. The van der Waals surface area contributed by atoms with Gasteiger partial charge in [0.05, 0.1) is 10.2 Å². The van der Waals surface area contributed by atoms with Crippen LogP contribution in [0.3, 0.4) is 0 Å². The first-order valence-electron chi connectivity index (χ1n) is 5.93. The third kappa shape index (κ3) is 3.47. The fraction of sp³-hybridized carbons (Fsp3) is 0.0769. The third-order valence-electron chi connectivity index (χ3n) is 2.60. The Bertz CT molecular complexity index is 834. The highest BCUT2D eigenvalue weighted by molar-refractivity contribution is 9.10. The van der Waals surface area contributed by atoms with Crippen LogP contribution in [0.1, 0.15) is 10.6 Å². The number of amides is 1. The maximum Gasteiger partial charge on any atom is 0.293 e. The molecular formula is C13H7BrF2N2O2S2. The summed E-state index contributed by atoms with van der Waals surface area (Å²) >= 11 is 4.81. The van der Waals surface area contributed by atoms with Crippen molar-refractivity contribution in [1.29, 1.82) is 0 Å². The van der Waals surface area contributed by atoms with Crippen LogP contribution in [0.15, 0.2) is 44.3 Å². The Hall–Kier alpha value is -1.45. The normalized spacial score (nSPS) is 11.3. The van der Waals surface area contributed by atoms with Crippen molar-refractivity contribution in [2.45, 2.75) is 10.7 Å². The Morgan fingerprint density at radius 1 is 1.36 bits per heavy atom. The van der Waals surface area contributed by atoms with Gasteiger partial charge in [0, 0.05) is 4.90 Å². The topological polar surface area (TPSA) is 55.1 Å². The van der Waals surface area contributed by atoms with E-state index in [1.54, 1.807) is 24.3 Å². The number of benzene rings is 1. The summed E-state index contributed by atoms with van der Waals surface area (Å²) in [5.74, 6) is -2.74. The molecule has 114 valence electrons. The molecule has 3 aromatic rings. The van der Waals surface area contributed by atoms with Gasteiger partial charge in [0.15, 0.2) is 15.6 Å². The molecule has 1 amide bonds. The highest BCUT2D eigenvalue weighted by Crippen LogP contribution is 2.32. The number of fused-ring (bicyclic) bond motifs is 1. The number of thioether (sulfide) groups is 1. The fourth-order valence-corrected chi connectivity index (χ4v) is 3.55. The zero-order valence-electron chi connectivity index (χ0n) is 10.7. The summed E-state index contributed by atoms with van der Waals surface area (Å²) in [7, 11) is 0. The van der Waals surface area contributed by atoms with Gasteiger partial charge in [-0.05, 0) is 46.3 Å². The van der Waals surface area contributed by atoms with E-state index in [1.807, 2.05) is 0 Å². The first-order chi connectivity index (χ1) is 10.5. The second-order valence-corrected chi connectivity index (χ2v) is 6.96. The Morgan fingerprint density at radius 3 is 2.86 bits per heavy atom. The summed E-state index contributed by atoms with van der Waals surface area (Å²) in [6, 6.07) is 8.00. The lowest BCUT2D eigenvalue weighted by Gasteiger charge is -1.98. The number of halogens is 3. The van der Waals surface area contributed by atoms with Crippen LogP contribution < -0.4 is 5.32 Å². The lowest BCUT2D eigenvalue weighted by atomic mass is 10.3. The van der Waals surface area contributed by atoms with Gasteiger partial charge in [0.25, 0.3) is 11.7 Å². The van der Waals surface area contributed by atoms with Crippen LogP contribution in [0, 0.1) is 0 Å². The quantitative estimate of drug-likeness (QED) is 0.605. The molecule has 0 bridgehead atoms. The van der Waals surface area contributed by atoms with Gasteiger partial charge >= 0.3 is 0 Å². The van der Waals surface area contributed by atoms with Crippen molar-refractivity contribution in [3.63, 3.8) is 0 Å². The van der Waals surface area contributed by atoms with Gasteiger partial charge in [-0.3, -0.25) is 10.1 Å². The van der Waals surface area contributed by atoms with Crippen LogP contribution in [-0.4, -0.2) is 16.6 Å². The van der Waals surface area contributed by atoms with Crippen LogP contribution in [0.2, 0.25) is 0 Å². The van der Waals surface area contributed by atoms with Crippen LogP contribution in [0.25, 0.3) is 10.2 Å². The standard InChI is InChI=1S/C13H7BrF2N2O2S2/c14-10-4-3-8(20-10)11(19)18-13-17-7-2-1-6(21-12(15)16)5-9(7)22-13/h1-5,12H,(H,17,18,19). The van der Waals surface area contributed by atoms with Gasteiger partial charge in [-0.1, -0.05) is 23.1 Å². The lowest BCUT2D eigenvalue weighted by Crippen LogP contribution is -2.10. The molecule has 0 fully saturated rings. The van der Waals surface area contributed by atoms with E-state index in [9.17, 15) is 13.6 Å². The SMILES string of the molecule is O=C(Nc1nc2ccc(SC(F)F)cc2s1)c1ccc(Br)o1. The van der Waals surface area contributed by atoms with E-state index >= 15 is 0 Å². The second kappa shape index (κ2) is 6.35. The molecule has 1 N–H and O–H groups in total. The number of nitrogens with one attached hydrogen (secondary N) is 1. The molecule has 0 aliphatic heterocycles. The molecule has 2 heterocycles. The minimum atomic E-state index is -2.47. The molecule has 1 aromatic carbocycles. The number of aromatic nitrogens is 1. The zero-order chi connectivity index (χ0) is 15.7. The minimum absolute atomic E-state index is 0.153. The molecule has 0 aliphatic rings. The van der Waals surface area contributed by atoms with Crippen LogP contribution in [-0.2, 0) is 0 Å². The number of alkyl halides is 2. The molecule has 22 heavy (non-hydrogen) atoms. The van der Waals surface area contributed by atoms with Gasteiger partial charge < -0.3 is 4.42 Å². The lowest BCUT2D eigenvalue weighted by molar-refractivity contribution is 0.0995. The van der Waals surface area contributed by atoms with Crippen molar-refractivity contribution in [1.82, 2.24) is 4.98 Å². The van der Waals surface area contributed by atoms with Gasteiger partial charge in [-0.25, -0.2) is 4.98 Å². The van der Waals surface area contributed by atoms with Crippen LogP contribution in [0.5, 0.6) is 0 Å². The molecule has 0 aliphatic carbocycles. The van der Waals surface area contributed by atoms with E-state index in [-0.39, 0.29) is 5.76 Å². The number of carbonyl (C=O) groups excluding carboxylic acids is 1. The molecule has 0 saturated heterocycles. The van der Waals surface area contributed by atoms with Crippen molar-refractivity contribution in [2.24, 2.45) is 0 Å². The van der Waals surface area contributed by atoms with E-state index in [4.69, 9.17) is 4.42 Å². The van der Waals surface area contributed by atoms with Crippen molar-refractivity contribution in [2.75, 3.05) is 5.32 Å². The number of nitrogens with zero attached hydrogens (tertiary/aromatic N) is 1. The van der Waals surface area contributed by atoms with Gasteiger partial charge in [0.2, 0.25) is 0 Å². The largest absolute Gasteiger partial charge is 0.444 e. The van der Waals surface area contributed by atoms with Gasteiger partial charge in [-0.15, -0.1) is 0 Å². The molecular weight excluding hydrogens is 398 g/mol. The first-order valence-corrected chi connectivity index (χ1v) is 8.42. The highest BCUT2D eigenvalue weighted by atomic mass is 79.9. The number of hydrogen-bond acceptors (Lipinski definition) is 5. The molecule has 4 nitrogen and oxygen atoms in total. The fourth-order valence-electron chi connectivity index (χ4n) is 1.73. The van der Waals surface area contributed by atoms with Crippen molar-refractivity contribution >= 4 is 60.3 Å². The molecule has 0 saturated carbocycles.